The van der Waals surface area contributed by atoms with Crippen LogP contribution < -0.4 is 5.32 Å². The summed E-state index contributed by atoms with van der Waals surface area (Å²) >= 11 is 0. The van der Waals surface area contributed by atoms with E-state index in [0.717, 1.165) is 18.8 Å². The van der Waals surface area contributed by atoms with E-state index in [1.54, 1.807) is 11.7 Å². The summed E-state index contributed by atoms with van der Waals surface area (Å²) in [5, 5.41) is 16.6. The second-order valence-electron chi connectivity index (χ2n) is 5.02. The first-order valence-electron chi connectivity index (χ1n) is 6.20. The third-order valence-corrected chi connectivity index (χ3v) is 3.54. The van der Waals surface area contributed by atoms with Gasteiger partial charge in [-0.3, -0.25) is 9.58 Å². The van der Waals surface area contributed by atoms with E-state index in [0.29, 0.717) is 24.2 Å². The van der Waals surface area contributed by atoms with Crippen molar-refractivity contribution >= 4 is 5.97 Å². The summed E-state index contributed by atoms with van der Waals surface area (Å²) in [5.41, 5.74) is 1.07. The maximum atomic E-state index is 11.1. The Morgan fingerprint density at radius 3 is 3.00 bits per heavy atom. The normalized spacial score (nSPS) is 25.3. The van der Waals surface area contributed by atoms with Crippen molar-refractivity contribution in [1.29, 1.82) is 0 Å². The molecule has 2 atom stereocenters. The summed E-state index contributed by atoms with van der Waals surface area (Å²) in [4.78, 5) is 13.4. The van der Waals surface area contributed by atoms with Gasteiger partial charge >= 0.3 is 5.97 Å². The third-order valence-electron chi connectivity index (χ3n) is 3.54. The Labute approximate surface area is 107 Å². The number of hydrogen-bond donors (Lipinski definition) is 2. The predicted molar refractivity (Wildman–Crippen MR) is 67.5 cm³/mol. The highest BCUT2D eigenvalue weighted by atomic mass is 16.4. The van der Waals surface area contributed by atoms with Crippen molar-refractivity contribution in [2.45, 2.75) is 32.5 Å². The summed E-state index contributed by atoms with van der Waals surface area (Å²) in [6.45, 7) is 6.77. The molecule has 2 unspecified atom stereocenters. The molecule has 1 aliphatic rings. The van der Waals surface area contributed by atoms with Gasteiger partial charge in [-0.15, -0.1) is 0 Å². The van der Waals surface area contributed by atoms with Crippen molar-refractivity contribution in [2.75, 3.05) is 13.1 Å². The van der Waals surface area contributed by atoms with Gasteiger partial charge in [0.2, 0.25) is 0 Å². The van der Waals surface area contributed by atoms with Gasteiger partial charge in [0.05, 0.1) is 11.9 Å². The molecule has 18 heavy (non-hydrogen) atoms. The van der Waals surface area contributed by atoms with Crippen LogP contribution in [0.1, 0.15) is 29.9 Å². The van der Waals surface area contributed by atoms with Crippen molar-refractivity contribution in [3.8, 4) is 0 Å². The number of hydrogen-bond acceptors (Lipinski definition) is 4. The van der Waals surface area contributed by atoms with Crippen LogP contribution in [0, 0.1) is 0 Å². The number of piperazine rings is 1. The molecule has 1 fully saturated rings. The molecule has 0 spiro atoms. The van der Waals surface area contributed by atoms with E-state index in [1.165, 1.54) is 6.20 Å². The van der Waals surface area contributed by atoms with Gasteiger partial charge in [-0.25, -0.2) is 4.79 Å². The monoisotopic (exact) mass is 252 g/mol. The fourth-order valence-corrected chi connectivity index (χ4v) is 2.34. The van der Waals surface area contributed by atoms with E-state index in [-0.39, 0.29) is 0 Å². The van der Waals surface area contributed by atoms with E-state index >= 15 is 0 Å². The Hall–Kier alpha value is -1.40. The molecule has 0 amide bonds. The van der Waals surface area contributed by atoms with Crippen LogP contribution in [0.2, 0.25) is 0 Å². The van der Waals surface area contributed by atoms with Crippen molar-refractivity contribution in [2.24, 2.45) is 7.05 Å². The number of aryl methyl sites for hydroxylation is 1. The lowest BCUT2D eigenvalue weighted by Gasteiger charge is -2.37. The molecule has 2 rings (SSSR count). The van der Waals surface area contributed by atoms with E-state index in [1.807, 2.05) is 0 Å². The first-order chi connectivity index (χ1) is 8.49. The van der Waals surface area contributed by atoms with E-state index in [2.05, 4.69) is 29.2 Å². The number of carboxylic acids is 1. The van der Waals surface area contributed by atoms with Gasteiger partial charge in [-0.05, 0) is 13.8 Å². The molecular weight excluding hydrogens is 232 g/mol. The lowest BCUT2D eigenvalue weighted by Crippen LogP contribution is -2.54. The minimum Gasteiger partial charge on any atom is -0.478 e. The largest absolute Gasteiger partial charge is 0.478 e. The van der Waals surface area contributed by atoms with Gasteiger partial charge in [0, 0.05) is 38.8 Å². The first-order valence-corrected chi connectivity index (χ1v) is 6.20. The van der Waals surface area contributed by atoms with Crippen LogP contribution in [0.25, 0.3) is 0 Å². The van der Waals surface area contributed by atoms with Crippen molar-refractivity contribution in [1.82, 2.24) is 20.0 Å². The van der Waals surface area contributed by atoms with Crippen LogP contribution >= 0.6 is 0 Å². The molecule has 2 N–H and O–H groups in total. The average molecular weight is 252 g/mol. The number of carbonyl (C=O) groups is 1. The second kappa shape index (κ2) is 5.07. The van der Waals surface area contributed by atoms with E-state index < -0.39 is 5.97 Å². The zero-order valence-corrected chi connectivity index (χ0v) is 11.1. The third kappa shape index (κ3) is 2.54. The van der Waals surface area contributed by atoms with Crippen LogP contribution in [0.5, 0.6) is 0 Å². The Morgan fingerprint density at radius 1 is 1.61 bits per heavy atom. The molecule has 100 valence electrons. The van der Waals surface area contributed by atoms with Gasteiger partial charge in [0.1, 0.15) is 5.56 Å². The summed E-state index contributed by atoms with van der Waals surface area (Å²) in [5.74, 6) is -0.908. The number of aromatic nitrogens is 2. The van der Waals surface area contributed by atoms with Gasteiger partial charge in [0.15, 0.2) is 0 Å². The van der Waals surface area contributed by atoms with Crippen molar-refractivity contribution < 1.29 is 9.90 Å². The quantitative estimate of drug-likeness (QED) is 0.809. The van der Waals surface area contributed by atoms with Crippen LogP contribution in [-0.4, -0.2) is 50.9 Å². The number of carboxylic acid groups (broad SMARTS) is 1. The average Bonchev–Trinajstić information content (AvgIpc) is 2.66. The highest BCUT2D eigenvalue weighted by Gasteiger charge is 2.25. The minimum absolute atomic E-state index is 0.302. The summed E-state index contributed by atoms with van der Waals surface area (Å²) in [7, 11) is 1.79. The molecule has 0 saturated carbocycles. The van der Waals surface area contributed by atoms with Crippen molar-refractivity contribution in [3.05, 3.63) is 17.5 Å². The van der Waals surface area contributed by atoms with Gasteiger partial charge in [0.25, 0.3) is 0 Å². The summed E-state index contributed by atoms with van der Waals surface area (Å²) in [6, 6.07) is 0.834. The molecule has 1 aliphatic heterocycles. The Morgan fingerprint density at radius 2 is 2.33 bits per heavy atom. The topological polar surface area (TPSA) is 70.4 Å². The van der Waals surface area contributed by atoms with Crippen LogP contribution in [-0.2, 0) is 13.6 Å². The standard InChI is InChI=1S/C12H20N4O2/c1-8-6-16(9(2)4-13-8)7-11-10(12(17)18)5-14-15(11)3/h5,8-9,13H,4,6-7H2,1-3H3,(H,17,18). The fraction of sp³-hybridized carbons (Fsp3) is 0.667. The smallest absolute Gasteiger partial charge is 0.339 e. The van der Waals surface area contributed by atoms with E-state index in [4.69, 9.17) is 5.11 Å². The van der Waals surface area contributed by atoms with E-state index in [9.17, 15) is 4.79 Å². The van der Waals surface area contributed by atoms with Gasteiger partial charge in [-0.1, -0.05) is 0 Å². The molecule has 1 saturated heterocycles. The molecule has 0 bridgehead atoms. The maximum Gasteiger partial charge on any atom is 0.339 e. The van der Waals surface area contributed by atoms with Crippen molar-refractivity contribution in [3.63, 3.8) is 0 Å². The van der Waals surface area contributed by atoms with Crippen LogP contribution in [0.4, 0.5) is 0 Å². The lowest BCUT2D eigenvalue weighted by molar-refractivity contribution is 0.0691. The molecule has 2 heterocycles. The summed E-state index contributed by atoms with van der Waals surface area (Å²) in [6.07, 6.45) is 1.42. The zero-order valence-electron chi connectivity index (χ0n) is 11.1. The predicted octanol–water partition coefficient (Wildman–Crippen LogP) is 0.301. The number of aromatic carboxylic acids is 1. The number of rotatable bonds is 3. The van der Waals surface area contributed by atoms with Gasteiger partial charge in [-0.2, -0.15) is 5.10 Å². The highest BCUT2D eigenvalue weighted by molar-refractivity contribution is 5.88. The lowest BCUT2D eigenvalue weighted by atomic mass is 10.1. The molecule has 6 heteroatoms. The molecule has 0 aromatic carbocycles. The maximum absolute atomic E-state index is 11.1. The molecular formula is C12H20N4O2. The second-order valence-corrected chi connectivity index (χ2v) is 5.02. The molecule has 6 nitrogen and oxygen atoms in total. The first kappa shape index (κ1) is 13.0. The molecule has 1 aromatic heterocycles. The van der Waals surface area contributed by atoms with Crippen LogP contribution in [0.15, 0.2) is 6.20 Å². The molecule has 0 aliphatic carbocycles. The summed E-state index contributed by atoms with van der Waals surface area (Å²) < 4.78 is 1.66. The van der Waals surface area contributed by atoms with Gasteiger partial charge < -0.3 is 10.4 Å². The fourth-order valence-electron chi connectivity index (χ4n) is 2.34. The Bertz CT molecular complexity index is 443. The number of nitrogens with one attached hydrogen (secondary N) is 1. The molecule has 1 aromatic rings. The minimum atomic E-state index is -0.908. The van der Waals surface area contributed by atoms with Crippen LogP contribution in [0.3, 0.4) is 0 Å². The number of nitrogens with zero attached hydrogens (tertiary/aromatic N) is 3. The Balaban J connectivity index is 2.17. The SMILES string of the molecule is CC1CN(Cc2c(C(=O)O)cnn2C)C(C)CN1. The zero-order chi connectivity index (χ0) is 13.3. The molecule has 0 radical (unpaired) electrons. The highest BCUT2D eigenvalue weighted by Crippen LogP contribution is 2.15. The Kier molecular flexibility index (Phi) is 3.68.